The van der Waals surface area contributed by atoms with Crippen molar-refractivity contribution in [2.45, 2.75) is 26.7 Å². The highest BCUT2D eigenvalue weighted by Gasteiger charge is 2.24. The Bertz CT molecular complexity index is 690. The average molecular weight is 350 g/mol. The monoisotopic (exact) mass is 350 g/mol. The zero-order valence-corrected chi connectivity index (χ0v) is 15.6. The second-order valence-corrected chi connectivity index (χ2v) is 7.09. The number of nitrogens with zero attached hydrogens (tertiary/aromatic N) is 2. The molecule has 26 heavy (non-hydrogen) atoms. The van der Waals surface area contributed by atoms with Crippen molar-refractivity contribution in [2.75, 3.05) is 26.2 Å². The molecule has 0 aliphatic carbocycles. The molecule has 1 aliphatic heterocycles. The average Bonchev–Trinajstić information content (AvgIpc) is 2.65. The second kappa shape index (κ2) is 8.17. The molecule has 1 heterocycles. The summed E-state index contributed by atoms with van der Waals surface area (Å²) in [6.07, 6.45) is 0.856. The molecule has 4 nitrogen and oxygen atoms in total. The number of benzene rings is 2. The normalized spacial score (nSPS) is 14.4. The van der Waals surface area contributed by atoms with Crippen LogP contribution in [-0.2, 0) is 22.4 Å². The van der Waals surface area contributed by atoms with E-state index in [1.165, 1.54) is 11.1 Å². The van der Waals surface area contributed by atoms with Gasteiger partial charge in [0.05, 0.1) is 12.8 Å². The number of rotatable bonds is 4. The summed E-state index contributed by atoms with van der Waals surface area (Å²) in [7, 11) is 0. The van der Waals surface area contributed by atoms with E-state index in [1.807, 2.05) is 72.2 Å². The van der Waals surface area contributed by atoms with Crippen molar-refractivity contribution < 1.29 is 9.59 Å². The fourth-order valence-electron chi connectivity index (χ4n) is 3.19. The highest BCUT2D eigenvalue weighted by atomic mass is 16.2. The summed E-state index contributed by atoms with van der Waals surface area (Å²) in [4.78, 5) is 28.7. The maximum Gasteiger partial charge on any atom is 0.227 e. The van der Waals surface area contributed by atoms with E-state index in [-0.39, 0.29) is 11.8 Å². The molecule has 2 aromatic rings. The van der Waals surface area contributed by atoms with E-state index in [0.717, 1.165) is 11.1 Å². The Morgan fingerprint density at radius 1 is 0.654 bits per heavy atom. The molecule has 1 fully saturated rings. The Kier molecular flexibility index (Phi) is 5.71. The van der Waals surface area contributed by atoms with Crippen molar-refractivity contribution in [3.8, 4) is 0 Å². The predicted molar refractivity (Wildman–Crippen MR) is 103 cm³/mol. The van der Waals surface area contributed by atoms with Gasteiger partial charge in [-0.15, -0.1) is 0 Å². The second-order valence-electron chi connectivity index (χ2n) is 7.09. The van der Waals surface area contributed by atoms with E-state index < -0.39 is 0 Å². The van der Waals surface area contributed by atoms with Crippen LogP contribution in [-0.4, -0.2) is 47.8 Å². The van der Waals surface area contributed by atoms with Crippen LogP contribution in [0.5, 0.6) is 0 Å². The van der Waals surface area contributed by atoms with Crippen LogP contribution in [0.3, 0.4) is 0 Å². The summed E-state index contributed by atoms with van der Waals surface area (Å²) >= 11 is 0. The Labute approximate surface area is 155 Å². The smallest absolute Gasteiger partial charge is 0.227 e. The van der Waals surface area contributed by atoms with Gasteiger partial charge in [-0.05, 0) is 25.0 Å². The third-order valence-corrected chi connectivity index (χ3v) is 4.94. The van der Waals surface area contributed by atoms with Crippen LogP contribution in [0.25, 0.3) is 0 Å². The Hall–Kier alpha value is -2.62. The molecule has 136 valence electrons. The van der Waals surface area contributed by atoms with Crippen LogP contribution in [0.4, 0.5) is 0 Å². The Balaban J connectivity index is 1.48. The van der Waals surface area contributed by atoms with E-state index in [9.17, 15) is 9.59 Å². The van der Waals surface area contributed by atoms with Crippen LogP contribution >= 0.6 is 0 Å². The zero-order valence-electron chi connectivity index (χ0n) is 15.6. The highest BCUT2D eigenvalue weighted by Crippen LogP contribution is 2.11. The topological polar surface area (TPSA) is 40.6 Å². The van der Waals surface area contributed by atoms with E-state index >= 15 is 0 Å². The van der Waals surface area contributed by atoms with Crippen LogP contribution in [0.1, 0.15) is 22.3 Å². The quantitative estimate of drug-likeness (QED) is 0.851. The summed E-state index contributed by atoms with van der Waals surface area (Å²) in [6, 6.07) is 16.2. The van der Waals surface area contributed by atoms with Gasteiger partial charge < -0.3 is 9.80 Å². The number of hydrogen-bond acceptors (Lipinski definition) is 2. The number of carbonyl (C=O) groups excluding carboxylic acids is 2. The number of amides is 2. The Morgan fingerprint density at radius 2 is 0.962 bits per heavy atom. The van der Waals surface area contributed by atoms with Crippen LogP contribution in [0, 0.1) is 13.8 Å². The van der Waals surface area contributed by atoms with Crippen molar-refractivity contribution in [3.05, 3.63) is 70.8 Å². The van der Waals surface area contributed by atoms with Crippen molar-refractivity contribution in [1.29, 1.82) is 0 Å². The summed E-state index contributed by atoms with van der Waals surface area (Å²) in [5.74, 6) is 0.277. The van der Waals surface area contributed by atoms with E-state index in [2.05, 4.69) is 0 Å². The number of piperazine rings is 1. The summed E-state index contributed by atoms with van der Waals surface area (Å²) in [5, 5.41) is 0. The molecule has 2 aromatic carbocycles. The molecular formula is C22H26N2O2. The molecule has 1 saturated heterocycles. The summed E-state index contributed by atoms with van der Waals surface area (Å²) < 4.78 is 0. The molecule has 4 heteroatoms. The zero-order chi connectivity index (χ0) is 18.5. The third kappa shape index (κ3) is 4.72. The van der Waals surface area contributed by atoms with Gasteiger partial charge in [0.1, 0.15) is 0 Å². The number of hydrogen-bond donors (Lipinski definition) is 0. The van der Waals surface area contributed by atoms with Gasteiger partial charge in [-0.25, -0.2) is 0 Å². The maximum absolute atomic E-state index is 12.5. The molecule has 0 unspecified atom stereocenters. The first-order chi connectivity index (χ1) is 12.5. The molecule has 0 saturated carbocycles. The van der Waals surface area contributed by atoms with Gasteiger partial charge in [0.2, 0.25) is 11.8 Å². The van der Waals surface area contributed by atoms with Crippen molar-refractivity contribution in [1.82, 2.24) is 9.80 Å². The lowest BCUT2D eigenvalue weighted by Gasteiger charge is -2.35. The van der Waals surface area contributed by atoms with Crippen LogP contribution in [0.15, 0.2) is 48.5 Å². The molecule has 0 N–H and O–H groups in total. The predicted octanol–water partition coefficient (Wildman–Crippen LogP) is 2.76. The van der Waals surface area contributed by atoms with Gasteiger partial charge in [0, 0.05) is 26.2 Å². The fourth-order valence-corrected chi connectivity index (χ4v) is 3.19. The lowest BCUT2D eigenvalue weighted by molar-refractivity contribution is -0.138. The first-order valence-corrected chi connectivity index (χ1v) is 9.18. The number of aryl methyl sites for hydroxylation is 2. The van der Waals surface area contributed by atoms with Crippen molar-refractivity contribution >= 4 is 11.8 Å². The van der Waals surface area contributed by atoms with Crippen LogP contribution < -0.4 is 0 Å². The lowest BCUT2D eigenvalue weighted by atomic mass is 10.1. The highest BCUT2D eigenvalue weighted by molar-refractivity contribution is 5.81. The largest absolute Gasteiger partial charge is 0.339 e. The maximum atomic E-state index is 12.5. The standard InChI is InChI=1S/C22H26N2O2/c1-17-3-7-19(8-4-17)15-21(25)23-11-13-24(14-12-23)22(26)16-20-9-5-18(2)6-10-20/h3-10H,11-16H2,1-2H3. The van der Waals surface area contributed by atoms with Gasteiger partial charge in [-0.3, -0.25) is 9.59 Å². The Morgan fingerprint density at radius 3 is 1.27 bits per heavy atom. The molecular weight excluding hydrogens is 324 g/mol. The first-order valence-electron chi connectivity index (χ1n) is 9.18. The molecule has 0 aromatic heterocycles. The van der Waals surface area contributed by atoms with Crippen molar-refractivity contribution in [2.24, 2.45) is 0 Å². The summed E-state index contributed by atoms with van der Waals surface area (Å²) in [5.41, 5.74) is 4.47. The fraction of sp³-hybridized carbons (Fsp3) is 0.364. The van der Waals surface area contributed by atoms with Gasteiger partial charge in [-0.2, -0.15) is 0 Å². The van der Waals surface area contributed by atoms with Gasteiger partial charge >= 0.3 is 0 Å². The molecule has 0 atom stereocenters. The lowest BCUT2D eigenvalue weighted by Crippen LogP contribution is -2.51. The summed E-state index contributed by atoms with van der Waals surface area (Å²) in [6.45, 7) is 6.54. The van der Waals surface area contributed by atoms with E-state index in [1.54, 1.807) is 0 Å². The van der Waals surface area contributed by atoms with Crippen LogP contribution in [0.2, 0.25) is 0 Å². The van der Waals surface area contributed by atoms with Gasteiger partial charge in [-0.1, -0.05) is 59.7 Å². The minimum atomic E-state index is 0.138. The van der Waals surface area contributed by atoms with Gasteiger partial charge in [0.25, 0.3) is 0 Å². The molecule has 0 bridgehead atoms. The molecule has 3 rings (SSSR count). The van der Waals surface area contributed by atoms with Gasteiger partial charge in [0.15, 0.2) is 0 Å². The molecule has 1 aliphatic rings. The molecule has 0 radical (unpaired) electrons. The minimum Gasteiger partial charge on any atom is -0.339 e. The number of carbonyl (C=O) groups is 2. The minimum absolute atomic E-state index is 0.138. The first kappa shape index (κ1) is 18.2. The van der Waals surface area contributed by atoms with E-state index in [0.29, 0.717) is 39.0 Å². The van der Waals surface area contributed by atoms with Crippen molar-refractivity contribution in [3.63, 3.8) is 0 Å². The van der Waals surface area contributed by atoms with E-state index in [4.69, 9.17) is 0 Å². The molecule has 0 spiro atoms. The third-order valence-electron chi connectivity index (χ3n) is 4.94. The molecule has 2 amide bonds. The SMILES string of the molecule is Cc1ccc(CC(=O)N2CCN(C(=O)Cc3ccc(C)cc3)CC2)cc1.